The summed E-state index contributed by atoms with van der Waals surface area (Å²) in [7, 11) is 0. The van der Waals surface area contributed by atoms with Gasteiger partial charge in [0.05, 0.1) is 11.1 Å². The van der Waals surface area contributed by atoms with Crippen LogP contribution in [0.3, 0.4) is 0 Å². The van der Waals surface area contributed by atoms with Crippen molar-refractivity contribution in [1.29, 1.82) is 0 Å². The molecule has 0 bridgehead atoms. The van der Waals surface area contributed by atoms with E-state index in [0.717, 1.165) is 36.8 Å². The molecule has 0 atom stereocenters. The van der Waals surface area contributed by atoms with Crippen molar-refractivity contribution in [2.24, 2.45) is 0 Å². The van der Waals surface area contributed by atoms with E-state index in [-0.39, 0.29) is 17.1 Å². The molecule has 0 N–H and O–H groups in total. The van der Waals surface area contributed by atoms with Crippen molar-refractivity contribution in [3.63, 3.8) is 0 Å². The monoisotopic (exact) mass is 496 g/mol. The Bertz CT molecular complexity index is 875. The Morgan fingerprint density at radius 3 is 1.36 bits per heavy atom. The highest BCUT2D eigenvalue weighted by Crippen LogP contribution is 2.24. The Morgan fingerprint density at radius 2 is 1.00 bits per heavy atom. The van der Waals surface area contributed by atoms with Gasteiger partial charge in [-0.2, -0.15) is 0 Å². The lowest BCUT2D eigenvalue weighted by Gasteiger charge is -2.19. The Hall–Kier alpha value is -2.70. The van der Waals surface area contributed by atoms with Crippen molar-refractivity contribution in [2.75, 3.05) is 0 Å². The van der Waals surface area contributed by atoms with Crippen molar-refractivity contribution >= 4 is 11.9 Å². The standard InChI is InChI=1S/C30H40O6/c1-8-9-10-11-12-13-26(33-35-27(31)22-14-18-24(19-15-22)29(2,3)4)34-36-28(32)23-16-20-25(21-17-23)30(5,6)7/h14-21H,1,8-13H2,2-7H3. The minimum atomic E-state index is -0.669. The van der Waals surface area contributed by atoms with Crippen molar-refractivity contribution in [3.8, 4) is 0 Å². The van der Waals surface area contributed by atoms with Crippen LogP contribution in [0.25, 0.3) is 0 Å². The molecule has 2 aromatic carbocycles. The Morgan fingerprint density at radius 1 is 0.611 bits per heavy atom. The van der Waals surface area contributed by atoms with Crippen molar-refractivity contribution in [2.45, 2.75) is 90.9 Å². The molecule has 0 aliphatic carbocycles. The van der Waals surface area contributed by atoms with Gasteiger partial charge in [-0.1, -0.05) is 98.4 Å². The third-order valence-corrected chi connectivity index (χ3v) is 5.77. The number of carbonyl (C=O) groups is 2. The molecule has 0 unspecified atom stereocenters. The molecule has 0 fully saturated rings. The van der Waals surface area contributed by atoms with Gasteiger partial charge in [-0.25, -0.2) is 9.59 Å². The zero-order valence-corrected chi connectivity index (χ0v) is 22.5. The molecule has 0 aliphatic heterocycles. The van der Waals surface area contributed by atoms with Gasteiger partial charge in [0.1, 0.15) is 0 Å². The Balaban J connectivity index is 1.96. The molecule has 6 heteroatoms. The number of benzene rings is 2. The number of unbranched alkanes of at least 4 members (excludes halogenated alkanes) is 4. The molecule has 0 amide bonds. The Labute approximate surface area is 216 Å². The van der Waals surface area contributed by atoms with E-state index in [9.17, 15) is 9.59 Å². The van der Waals surface area contributed by atoms with Crippen LogP contribution in [0.4, 0.5) is 0 Å². The smallest absolute Gasteiger partial charge is 0.289 e. The lowest BCUT2D eigenvalue weighted by atomic mass is 9.87. The van der Waals surface area contributed by atoms with Gasteiger partial charge in [-0.15, -0.1) is 9.78 Å². The van der Waals surface area contributed by atoms with Crippen LogP contribution in [0.5, 0.6) is 0 Å². The van der Waals surface area contributed by atoms with E-state index in [4.69, 9.17) is 19.6 Å². The highest BCUT2D eigenvalue weighted by Gasteiger charge is 2.22. The quantitative estimate of drug-likeness (QED) is 0.169. The normalized spacial score (nSPS) is 12.0. The summed E-state index contributed by atoms with van der Waals surface area (Å²) in [5.74, 6) is -1.34. The summed E-state index contributed by atoms with van der Waals surface area (Å²) in [4.78, 5) is 45.2. The molecular weight excluding hydrogens is 456 g/mol. The number of hydrogen-bond donors (Lipinski definition) is 0. The third kappa shape index (κ3) is 9.75. The molecule has 196 valence electrons. The van der Waals surface area contributed by atoms with E-state index in [1.54, 1.807) is 24.3 Å². The number of hydrogen-bond acceptors (Lipinski definition) is 6. The molecule has 0 aromatic heterocycles. The third-order valence-electron chi connectivity index (χ3n) is 5.77. The maximum Gasteiger partial charge on any atom is 0.373 e. The van der Waals surface area contributed by atoms with Crippen molar-refractivity contribution in [3.05, 3.63) is 84.0 Å². The Kier molecular flexibility index (Phi) is 11.1. The van der Waals surface area contributed by atoms with Crippen LogP contribution >= 0.6 is 0 Å². The van der Waals surface area contributed by atoms with Gasteiger partial charge in [0.2, 0.25) is 0 Å². The SMILES string of the molecule is [CH2]CCCCCC[C](OOC(=O)c1ccc(C(C)(C)C)cc1)OOC(=O)c1ccc(C(C)(C)C)cc1. The first-order valence-electron chi connectivity index (χ1n) is 12.6. The first kappa shape index (κ1) is 29.5. The summed E-state index contributed by atoms with van der Waals surface area (Å²) in [6.45, 7) is 16.4. The molecule has 0 aliphatic rings. The van der Waals surface area contributed by atoms with Crippen LogP contribution in [0.1, 0.15) is 112 Å². The van der Waals surface area contributed by atoms with Crippen LogP contribution in [-0.4, -0.2) is 11.9 Å². The summed E-state index contributed by atoms with van der Waals surface area (Å²) >= 11 is 0. The van der Waals surface area contributed by atoms with Gasteiger partial charge < -0.3 is 0 Å². The second-order valence-electron chi connectivity index (χ2n) is 11.0. The average Bonchev–Trinajstić information content (AvgIpc) is 2.83. The first-order chi connectivity index (χ1) is 16.9. The zero-order chi connectivity index (χ0) is 26.8. The minimum absolute atomic E-state index is 0.0293. The highest BCUT2D eigenvalue weighted by molar-refractivity contribution is 5.89. The summed E-state index contributed by atoms with van der Waals surface area (Å²) in [6.07, 6.45) is 4.75. The molecule has 2 radical (unpaired) electrons. The van der Waals surface area contributed by atoms with Gasteiger partial charge >= 0.3 is 18.2 Å². The van der Waals surface area contributed by atoms with Gasteiger partial charge in [0.25, 0.3) is 0 Å². The molecule has 6 nitrogen and oxygen atoms in total. The summed E-state index contributed by atoms with van der Waals surface area (Å²) in [5, 5.41) is 0. The largest absolute Gasteiger partial charge is 0.373 e. The molecule has 2 rings (SSSR count). The van der Waals surface area contributed by atoms with Gasteiger partial charge in [0, 0.05) is 6.42 Å². The maximum atomic E-state index is 12.5. The van der Waals surface area contributed by atoms with Crippen molar-refractivity contribution < 1.29 is 29.1 Å². The van der Waals surface area contributed by atoms with Gasteiger partial charge in [0.15, 0.2) is 0 Å². The van der Waals surface area contributed by atoms with Crippen LogP contribution < -0.4 is 0 Å². The molecule has 2 aromatic rings. The molecule has 0 saturated carbocycles. The average molecular weight is 497 g/mol. The van der Waals surface area contributed by atoms with E-state index in [1.807, 2.05) is 24.3 Å². The van der Waals surface area contributed by atoms with Crippen molar-refractivity contribution in [1.82, 2.24) is 0 Å². The predicted molar refractivity (Wildman–Crippen MR) is 140 cm³/mol. The predicted octanol–water partition coefficient (Wildman–Crippen LogP) is 7.82. The van der Waals surface area contributed by atoms with E-state index in [0.29, 0.717) is 24.0 Å². The molecule has 0 spiro atoms. The van der Waals surface area contributed by atoms with Crippen LogP contribution in [0.2, 0.25) is 0 Å². The van der Waals surface area contributed by atoms with Crippen LogP contribution in [-0.2, 0) is 30.4 Å². The topological polar surface area (TPSA) is 71.1 Å². The van der Waals surface area contributed by atoms with Gasteiger partial charge in [-0.3, -0.25) is 9.78 Å². The molecule has 0 saturated heterocycles. The van der Waals surface area contributed by atoms with E-state index in [2.05, 4.69) is 48.5 Å². The second kappa shape index (κ2) is 13.6. The summed E-state index contributed by atoms with van der Waals surface area (Å²) in [5.41, 5.74) is 2.82. The fraction of sp³-hybridized carbons (Fsp3) is 0.467. The number of carbonyl (C=O) groups excluding carboxylic acids is 2. The lowest BCUT2D eigenvalue weighted by Crippen LogP contribution is -2.17. The summed E-state index contributed by atoms with van der Waals surface area (Å²) < 4.78 is 0. The molecule has 0 heterocycles. The van der Waals surface area contributed by atoms with E-state index >= 15 is 0 Å². The van der Waals surface area contributed by atoms with Crippen LogP contribution in [0, 0.1) is 13.2 Å². The maximum absolute atomic E-state index is 12.5. The molecular formula is C30H40O6. The zero-order valence-electron chi connectivity index (χ0n) is 22.5. The number of rotatable bonds is 12. The first-order valence-corrected chi connectivity index (χ1v) is 12.6. The lowest BCUT2D eigenvalue weighted by molar-refractivity contribution is -0.363. The second-order valence-corrected chi connectivity index (χ2v) is 11.0. The van der Waals surface area contributed by atoms with E-state index in [1.165, 1.54) is 0 Å². The summed E-state index contributed by atoms with van der Waals surface area (Å²) in [6, 6.07) is 14.3. The molecule has 36 heavy (non-hydrogen) atoms. The fourth-order valence-corrected chi connectivity index (χ4v) is 3.37. The fourth-order valence-electron chi connectivity index (χ4n) is 3.37. The van der Waals surface area contributed by atoms with Gasteiger partial charge in [-0.05, 0) is 52.6 Å². The minimum Gasteiger partial charge on any atom is -0.289 e. The highest BCUT2D eigenvalue weighted by atomic mass is 17.3. The van der Waals surface area contributed by atoms with E-state index < -0.39 is 11.9 Å². The van der Waals surface area contributed by atoms with Crippen LogP contribution in [0.15, 0.2) is 48.5 Å².